The Kier molecular flexibility index (Phi) is 10.2. The van der Waals surface area contributed by atoms with Gasteiger partial charge in [0.05, 0.1) is 36.7 Å². The molecule has 1 aliphatic carbocycles. The molecule has 0 saturated heterocycles. The molecule has 0 saturated carbocycles. The van der Waals surface area contributed by atoms with Gasteiger partial charge in [0.15, 0.2) is 12.3 Å². The van der Waals surface area contributed by atoms with Crippen LogP contribution in [0.15, 0.2) is 35.1 Å². The largest absolute Gasteiger partial charge is 0.484 e. The maximum absolute atomic E-state index is 9.05. The van der Waals surface area contributed by atoms with E-state index in [4.69, 9.17) is 19.0 Å². The number of nitriles is 1. The van der Waals surface area contributed by atoms with Gasteiger partial charge in [-0.05, 0) is 104 Å². The van der Waals surface area contributed by atoms with E-state index >= 15 is 0 Å². The van der Waals surface area contributed by atoms with Crippen LogP contribution in [0.25, 0.3) is 6.08 Å². The molecule has 0 amide bonds. The van der Waals surface area contributed by atoms with Crippen LogP contribution in [0.1, 0.15) is 116 Å². The van der Waals surface area contributed by atoms with E-state index in [9.17, 15) is 0 Å². The Morgan fingerprint density at radius 1 is 1.08 bits per heavy atom. The third-order valence-electron chi connectivity index (χ3n) is 11.4. The first kappa shape index (κ1) is 34.0. The molecule has 7 rings (SSSR count). The molecule has 48 heavy (non-hydrogen) atoms. The van der Waals surface area contributed by atoms with Crippen LogP contribution in [-0.4, -0.2) is 66.0 Å². The van der Waals surface area contributed by atoms with E-state index < -0.39 is 8.53 Å². The Labute approximate surface area is 290 Å². The van der Waals surface area contributed by atoms with Crippen molar-refractivity contribution in [2.75, 3.05) is 37.7 Å². The quantitative estimate of drug-likeness (QED) is 0.119. The Bertz CT molecular complexity index is 1560. The van der Waals surface area contributed by atoms with Crippen LogP contribution in [0.2, 0.25) is 0 Å². The summed E-state index contributed by atoms with van der Waals surface area (Å²) in [4.78, 5) is 2.63. The number of unbranched alkanes of at least 4 members (excludes halogenated alkanes) is 2. The lowest BCUT2D eigenvalue weighted by atomic mass is 9.69. The van der Waals surface area contributed by atoms with E-state index in [2.05, 4.69) is 79.1 Å². The molecule has 3 atom stereocenters. The Balaban J connectivity index is 1.08. The number of anilines is 1. The van der Waals surface area contributed by atoms with Crippen molar-refractivity contribution in [3.63, 3.8) is 0 Å². The van der Waals surface area contributed by atoms with Crippen LogP contribution in [0, 0.1) is 16.7 Å². The lowest BCUT2D eigenvalue weighted by molar-refractivity contribution is -0.475. The van der Waals surface area contributed by atoms with E-state index in [1.807, 2.05) is 0 Å². The zero-order valence-corrected chi connectivity index (χ0v) is 30.9. The van der Waals surface area contributed by atoms with E-state index in [0.717, 1.165) is 57.9 Å². The smallest absolute Gasteiger partial charge is 0.259 e. The summed E-state index contributed by atoms with van der Waals surface area (Å²) < 4.78 is 24.6. The zero-order valence-electron chi connectivity index (χ0n) is 30.0. The number of rotatable bonds is 13. The van der Waals surface area contributed by atoms with Crippen molar-refractivity contribution >= 4 is 26.0 Å². The molecule has 0 N–H and O–H groups in total. The maximum atomic E-state index is 9.05. The summed E-state index contributed by atoms with van der Waals surface area (Å²) in [6.45, 7) is 15.8. The minimum atomic E-state index is -1.18. The summed E-state index contributed by atoms with van der Waals surface area (Å²) in [5, 5.41) is 9.05. The van der Waals surface area contributed by atoms with Crippen LogP contribution >= 0.6 is 8.53 Å². The van der Waals surface area contributed by atoms with Gasteiger partial charge in [-0.3, -0.25) is 0 Å². The second-order valence-corrected chi connectivity index (χ2v) is 16.8. The van der Waals surface area contributed by atoms with Gasteiger partial charge in [0, 0.05) is 60.1 Å². The molecule has 0 bridgehead atoms. The molecule has 0 spiro atoms. The minimum Gasteiger partial charge on any atom is -0.484 e. The van der Waals surface area contributed by atoms with Crippen LogP contribution in [0.3, 0.4) is 0 Å². The van der Waals surface area contributed by atoms with Crippen LogP contribution in [-0.2, 0) is 21.9 Å². The van der Waals surface area contributed by atoms with Gasteiger partial charge < -0.3 is 18.7 Å². The Hall–Kier alpha value is -2.49. The monoisotopic (exact) mass is 671 g/mol. The predicted octanol–water partition coefficient (Wildman–Crippen LogP) is 8.86. The molecule has 258 valence electrons. The van der Waals surface area contributed by atoms with E-state index in [1.165, 1.54) is 77.5 Å². The standard InChI is InChI=1S/C40H56N4O3P/c1-28(2)44(29(3)4)48(46-25-13-20-41)45-24-10-6-9-19-40(5)34-16-7-8-17-35(34)43-23-18-36-33(39(40)43)27-31-26-30-14-11-21-42-22-12-15-32(37(30)42)38(31)47-36/h8,17,26-29,36H,6-7,9-16,18-19,21-25H2,1-5H3/q+1. The Morgan fingerprint density at radius 3 is 2.67 bits per heavy atom. The fraction of sp³-hybridized carbons (Fsp3) is 0.650. The maximum Gasteiger partial charge on any atom is 0.259 e. The SMILES string of the molecule is CC(C)N(C(C)C)P(OCCC#N)OCCCCCC1(C)C2=C(C=CCC2)[N+]2=C1C1=Cc3cc4c5c(c3OC1CC2)CCCN5CCC4. The topological polar surface area (TPSA) is 61.0 Å². The second-order valence-electron chi connectivity index (χ2n) is 15.3. The van der Waals surface area contributed by atoms with Gasteiger partial charge in [0.1, 0.15) is 11.9 Å². The van der Waals surface area contributed by atoms with Gasteiger partial charge in [-0.25, -0.2) is 4.67 Å². The number of aryl methyl sites for hydroxylation is 1. The van der Waals surface area contributed by atoms with Gasteiger partial charge in [0.25, 0.3) is 8.53 Å². The van der Waals surface area contributed by atoms with E-state index in [1.54, 1.807) is 5.57 Å². The summed E-state index contributed by atoms with van der Waals surface area (Å²) in [5.74, 6) is 1.19. The lowest BCUT2D eigenvalue weighted by Gasteiger charge is -2.40. The first-order valence-electron chi connectivity index (χ1n) is 18.9. The molecule has 0 aromatic heterocycles. The number of benzene rings is 1. The summed E-state index contributed by atoms with van der Waals surface area (Å²) in [6, 6.07) is 5.32. The summed E-state index contributed by atoms with van der Waals surface area (Å²) in [5.41, 5.74) is 11.9. The number of ether oxygens (including phenoxy) is 1. The number of nitrogens with zero attached hydrogens (tertiary/aromatic N) is 4. The van der Waals surface area contributed by atoms with Crippen molar-refractivity contribution in [1.82, 2.24) is 4.67 Å². The van der Waals surface area contributed by atoms with Crippen molar-refractivity contribution in [2.24, 2.45) is 5.41 Å². The molecule has 0 radical (unpaired) electrons. The normalized spacial score (nSPS) is 24.6. The molecule has 1 aromatic carbocycles. The molecular formula is C40H56N4O3P+. The average Bonchev–Trinajstić information content (AvgIpc) is 3.33. The minimum absolute atomic E-state index is 0.0186. The Morgan fingerprint density at radius 2 is 1.88 bits per heavy atom. The van der Waals surface area contributed by atoms with E-state index in [-0.39, 0.29) is 11.5 Å². The fourth-order valence-electron chi connectivity index (χ4n) is 9.46. The molecule has 8 heteroatoms. The van der Waals surface area contributed by atoms with Gasteiger partial charge in [0.2, 0.25) is 5.70 Å². The van der Waals surface area contributed by atoms with E-state index in [0.29, 0.717) is 31.7 Å². The van der Waals surface area contributed by atoms with Crippen LogP contribution in [0.4, 0.5) is 5.69 Å². The number of hydrogen-bond donors (Lipinski definition) is 0. The molecule has 1 aromatic rings. The van der Waals surface area contributed by atoms with Gasteiger partial charge in [-0.1, -0.05) is 18.9 Å². The van der Waals surface area contributed by atoms with Gasteiger partial charge in [-0.15, -0.1) is 0 Å². The van der Waals surface area contributed by atoms with Gasteiger partial charge in [-0.2, -0.15) is 9.84 Å². The zero-order chi connectivity index (χ0) is 33.4. The van der Waals surface area contributed by atoms with Crippen LogP contribution in [0.5, 0.6) is 5.75 Å². The molecule has 5 heterocycles. The summed E-state index contributed by atoms with van der Waals surface area (Å²) in [6.07, 6.45) is 20.4. The molecular weight excluding hydrogens is 615 g/mol. The molecule has 3 unspecified atom stereocenters. The van der Waals surface area contributed by atoms with Crippen molar-refractivity contribution in [3.05, 3.63) is 51.8 Å². The van der Waals surface area contributed by atoms with Crippen molar-refractivity contribution in [2.45, 2.75) is 130 Å². The number of allylic oxidation sites excluding steroid dienone is 3. The average molecular weight is 672 g/mol. The third kappa shape index (κ3) is 6.21. The van der Waals surface area contributed by atoms with Crippen molar-refractivity contribution in [1.29, 1.82) is 5.26 Å². The van der Waals surface area contributed by atoms with Gasteiger partial charge >= 0.3 is 0 Å². The van der Waals surface area contributed by atoms with Crippen LogP contribution < -0.4 is 9.64 Å². The highest BCUT2D eigenvalue weighted by Crippen LogP contribution is 2.53. The number of hydrogen-bond acceptors (Lipinski definition) is 6. The summed E-state index contributed by atoms with van der Waals surface area (Å²) >= 11 is 0. The molecule has 6 aliphatic rings. The highest BCUT2D eigenvalue weighted by Gasteiger charge is 2.55. The summed E-state index contributed by atoms with van der Waals surface area (Å²) in [7, 11) is -1.18. The first-order chi connectivity index (χ1) is 23.3. The highest BCUT2D eigenvalue weighted by molar-refractivity contribution is 7.44. The molecule has 0 fully saturated rings. The van der Waals surface area contributed by atoms with Crippen molar-refractivity contribution < 1.29 is 18.4 Å². The highest BCUT2D eigenvalue weighted by atomic mass is 31.2. The molecule has 7 nitrogen and oxygen atoms in total. The lowest BCUT2D eigenvalue weighted by Crippen LogP contribution is -2.44. The predicted molar refractivity (Wildman–Crippen MR) is 196 cm³/mol. The molecule has 5 aliphatic heterocycles. The van der Waals surface area contributed by atoms with Crippen molar-refractivity contribution in [3.8, 4) is 11.8 Å². The third-order valence-corrected chi connectivity index (χ3v) is 13.5. The first-order valence-corrected chi connectivity index (χ1v) is 20.0. The second kappa shape index (κ2) is 14.4. The fourth-order valence-corrected chi connectivity index (χ4v) is 11.1. The number of fused-ring (bicyclic) bond motifs is 5.